The van der Waals surface area contributed by atoms with Gasteiger partial charge in [0.1, 0.15) is 6.29 Å². The molecule has 0 bridgehead atoms. The van der Waals surface area contributed by atoms with Crippen LogP contribution < -0.4 is 0 Å². The van der Waals surface area contributed by atoms with Gasteiger partial charge in [0.2, 0.25) is 0 Å². The predicted molar refractivity (Wildman–Crippen MR) is 36.1 cm³/mol. The van der Waals surface area contributed by atoms with Crippen LogP contribution in [0.3, 0.4) is 0 Å². The monoisotopic (exact) mass is 130 g/mol. The summed E-state index contributed by atoms with van der Waals surface area (Å²) < 4.78 is 0. The summed E-state index contributed by atoms with van der Waals surface area (Å²) in [6.45, 7) is 5.46. The maximum Gasteiger partial charge on any atom is 0.122 e. The van der Waals surface area contributed by atoms with Crippen molar-refractivity contribution in [1.82, 2.24) is 0 Å². The molecule has 0 rings (SSSR count). The number of hydrogen-bond donors (Lipinski definition) is 1. The summed E-state index contributed by atoms with van der Waals surface area (Å²) >= 11 is 0. The van der Waals surface area contributed by atoms with Crippen LogP contribution in [0, 0.1) is 5.92 Å². The Balaban J connectivity index is 3.84. The van der Waals surface area contributed by atoms with Crippen molar-refractivity contribution >= 4 is 6.29 Å². The third kappa shape index (κ3) is 2.61. The summed E-state index contributed by atoms with van der Waals surface area (Å²) in [6, 6.07) is 0. The average molecular weight is 130 g/mol. The molecule has 0 aromatic rings. The lowest BCUT2D eigenvalue weighted by Crippen LogP contribution is -2.31. The topological polar surface area (TPSA) is 37.3 Å². The predicted octanol–water partition coefficient (Wildman–Crippen LogP) is 0.982. The zero-order valence-corrected chi connectivity index (χ0v) is 6.22. The Hall–Kier alpha value is -0.370. The molecule has 0 saturated carbocycles. The van der Waals surface area contributed by atoms with Crippen LogP contribution in [0.1, 0.15) is 27.2 Å². The third-order valence-electron chi connectivity index (χ3n) is 1.74. The Morgan fingerprint density at radius 2 is 2.11 bits per heavy atom. The van der Waals surface area contributed by atoms with Crippen molar-refractivity contribution in [3.8, 4) is 0 Å². The summed E-state index contributed by atoms with van der Waals surface area (Å²) in [4.78, 5) is 9.96. The van der Waals surface area contributed by atoms with Gasteiger partial charge in [0.25, 0.3) is 0 Å². The van der Waals surface area contributed by atoms with E-state index in [1.165, 1.54) is 0 Å². The molecule has 0 amide bonds. The lowest BCUT2D eigenvalue weighted by atomic mass is 9.90. The van der Waals surface area contributed by atoms with Crippen LogP contribution in [0.4, 0.5) is 0 Å². The van der Waals surface area contributed by atoms with Crippen molar-refractivity contribution in [1.29, 1.82) is 0 Å². The van der Waals surface area contributed by atoms with Crippen molar-refractivity contribution in [2.24, 2.45) is 5.92 Å². The van der Waals surface area contributed by atoms with Gasteiger partial charge < -0.3 is 9.90 Å². The van der Waals surface area contributed by atoms with E-state index >= 15 is 0 Å². The van der Waals surface area contributed by atoms with E-state index in [4.69, 9.17) is 0 Å². The van der Waals surface area contributed by atoms with E-state index < -0.39 is 5.60 Å². The minimum atomic E-state index is -0.818. The number of aliphatic hydroxyl groups is 1. The second-order valence-corrected chi connectivity index (χ2v) is 2.88. The fourth-order valence-corrected chi connectivity index (χ4v) is 0.404. The van der Waals surface area contributed by atoms with Crippen molar-refractivity contribution in [3.63, 3.8) is 0 Å². The van der Waals surface area contributed by atoms with Gasteiger partial charge in [0, 0.05) is 6.42 Å². The summed E-state index contributed by atoms with van der Waals surface area (Å²) in [5.41, 5.74) is -0.818. The first-order valence-electron chi connectivity index (χ1n) is 3.16. The standard InChI is InChI=1S/C7H14O2/c1-6(2)7(3,9)4-5-8/h5-6,9H,4H2,1-3H3. The lowest BCUT2D eigenvalue weighted by molar-refractivity contribution is -0.113. The van der Waals surface area contributed by atoms with Gasteiger partial charge in [-0.2, -0.15) is 0 Å². The molecule has 1 unspecified atom stereocenters. The molecular formula is C7H14O2. The molecule has 0 saturated heterocycles. The van der Waals surface area contributed by atoms with Gasteiger partial charge in [-0.25, -0.2) is 0 Å². The van der Waals surface area contributed by atoms with Gasteiger partial charge in [-0.3, -0.25) is 0 Å². The Bertz CT molecular complexity index is 95.1. The second kappa shape index (κ2) is 2.97. The molecule has 0 fully saturated rings. The third-order valence-corrected chi connectivity index (χ3v) is 1.74. The highest BCUT2D eigenvalue weighted by atomic mass is 16.3. The Morgan fingerprint density at radius 1 is 1.67 bits per heavy atom. The first-order valence-corrected chi connectivity index (χ1v) is 3.16. The van der Waals surface area contributed by atoms with E-state index in [0.29, 0.717) is 0 Å². The number of carbonyl (C=O) groups excluding carboxylic acids is 1. The van der Waals surface area contributed by atoms with E-state index in [1.54, 1.807) is 6.92 Å². The van der Waals surface area contributed by atoms with Crippen LogP contribution in [0.25, 0.3) is 0 Å². The highest BCUT2D eigenvalue weighted by Crippen LogP contribution is 2.18. The minimum absolute atomic E-state index is 0.141. The SMILES string of the molecule is CC(C)C(C)(O)CC=O. The van der Waals surface area contributed by atoms with Crippen molar-refractivity contribution in [2.45, 2.75) is 32.8 Å². The molecule has 0 aliphatic carbocycles. The van der Waals surface area contributed by atoms with E-state index in [0.717, 1.165) is 6.29 Å². The normalized spacial score (nSPS) is 17.4. The maximum atomic E-state index is 9.96. The molecule has 9 heavy (non-hydrogen) atoms. The molecular weight excluding hydrogens is 116 g/mol. The van der Waals surface area contributed by atoms with Crippen LogP contribution in [-0.4, -0.2) is 17.0 Å². The second-order valence-electron chi connectivity index (χ2n) is 2.88. The highest BCUT2D eigenvalue weighted by molar-refractivity contribution is 5.51. The Kier molecular flexibility index (Phi) is 2.85. The van der Waals surface area contributed by atoms with E-state index in [2.05, 4.69) is 0 Å². The summed E-state index contributed by atoms with van der Waals surface area (Å²) in [5, 5.41) is 9.36. The molecule has 0 heterocycles. The molecule has 1 N–H and O–H groups in total. The minimum Gasteiger partial charge on any atom is -0.389 e. The number of carbonyl (C=O) groups is 1. The van der Waals surface area contributed by atoms with E-state index in [1.807, 2.05) is 13.8 Å². The van der Waals surface area contributed by atoms with Gasteiger partial charge in [-0.1, -0.05) is 13.8 Å². The van der Waals surface area contributed by atoms with Crippen LogP contribution >= 0.6 is 0 Å². The first-order chi connectivity index (χ1) is 4.00. The molecule has 0 radical (unpaired) electrons. The van der Waals surface area contributed by atoms with Gasteiger partial charge in [0.05, 0.1) is 5.60 Å². The first kappa shape index (κ1) is 8.63. The van der Waals surface area contributed by atoms with Crippen LogP contribution in [0.2, 0.25) is 0 Å². The van der Waals surface area contributed by atoms with Gasteiger partial charge in [-0.15, -0.1) is 0 Å². The summed E-state index contributed by atoms with van der Waals surface area (Å²) in [7, 11) is 0. The molecule has 0 aliphatic rings. The molecule has 54 valence electrons. The van der Waals surface area contributed by atoms with Crippen LogP contribution in [0.15, 0.2) is 0 Å². The Labute approximate surface area is 55.9 Å². The highest BCUT2D eigenvalue weighted by Gasteiger charge is 2.23. The molecule has 0 aromatic carbocycles. The quantitative estimate of drug-likeness (QED) is 0.578. The fourth-order valence-electron chi connectivity index (χ4n) is 0.404. The number of aldehydes is 1. The lowest BCUT2D eigenvalue weighted by Gasteiger charge is -2.24. The van der Waals surface area contributed by atoms with Crippen LogP contribution in [-0.2, 0) is 4.79 Å². The summed E-state index contributed by atoms with van der Waals surface area (Å²) in [6.07, 6.45) is 0.977. The van der Waals surface area contributed by atoms with Crippen molar-refractivity contribution in [2.75, 3.05) is 0 Å². The largest absolute Gasteiger partial charge is 0.389 e. The zero-order valence-electron chi connectivity index (χ0n) is 6.22. The smallest absolute Gasteiger partial charge is 0.122 e. The summed E-state index contributed by atoms with van der Waals surface area (Å²) in [5.74, 6) is 0.141. The molecule has 0 aromatic heterocycles. The van der Waals surface area contributed by atoms with E-state index in [-0.39, 0.29) is 12.3 Å². The van der Waals surface area contributed by atoms with Gasteiger partial charge in [-0.05, 0) is 12.8 Å². The van der Waals surface area contributed by atoms with Gasteiger partial charge in [0.15, 0.2) is 0 Å². The Morgan fingerprint density at radius 3 is 2.22 bits per heavy atom. The molecule has 2 nitrogen and oxygen atoms in total. The fraction of sp³-hybridized carbons (Fsp3) is 0.857. The van der Waals surface area contributed by atoms with Crippen molar-refractivity contribution in [3.05, 3.63) is 0 Å². The number of hydrogen-bond acceptors (Lipinski definition) is 2. The molecule has 0 aliphatic heterocycles. The van der Waals surface area contributed by atoms with Crippen molar-refractivity contribution < 1.29 is 9.90 Å². The van der Waals surface area contributed by atoms with E-state index in [9.17, 15) is 9.90 Å². The molecule has 2 heteroatoms. The molecule has 0 spiro atoms. The average Bonchev–Trinajstić information content (AvgIpc) is 1.65. The van der Waals surface area contributed by atoms with Gasteiger partial charge >= 0.3 is 0 Å². The van der Waals surface area contributed by atoms with Crippen LogP contribution in [0.5, 0.6) is 0 Å². The zero-order chi connectivity index (χ0) is 7.49. The molecule has 1 atom stereocenters. The maximum absolute atomic E-state index is 9.96. The number of rotatable bonds is 3.